The van der Waals surface area contributed by atoms with Gasteiger partial charge in [-0.05, 0) is 30.4 Å². The maximum Gasteiger partial charge on any atom is 0.163 e. The van der Waals surface area contributed by atoms with Gasteiger partial charge < -0.3 is 4.74 Å². The van der Waals surface area contributed by atoms with E-state index in [0.29, 0.717) is 18.0 Å². The predicted molar refractivity (Wildman–Crippen MR) is 82.8 cm³/mol. The second-order valence-corrected chi connectivity index (χ2v) is 5.87. The molecule has 0 radical (unpaired) electrons. The van der Waals surface area contributed by atoms with Gasteiger partial charge in [0.05, 0.1) is 6.61 Å². The first-order chi connectivity index (χ1) is 10.9. The molecule has 0 bridgehead atoms. The van der Waals surface area contributed by atoms with Gasteiger partial charge in [-0.1, -0.05) is 42.7 Å². The minimum atomic E-state index is 0.389. The second kappa shape index (κ2) is 7.19. The van der Waals surface area contributed by atoms with Crippen molar-refractivity contribution in [2.75, 3.05) is 6.61 Å². The number of aromatic amines is 1. The lowest BCUT2D eigenvalue weighted by molar-refractivity contribution is 0.0739. The third-order valence-electron chi connectivity index (χ3n) is 4.21. The summed E-state index contributed by atoms with van der Waals surface area (Å²) < 4.78 is 5.88. The molecule has 22 heavy (non-hydrogen) atoms. The molecule has 0 saturated heterocycles. The Kier molecular flexibility index (Phi) is 4.81. The van der Waals surface area contributed by atoms with Crippen molar-refractivity contribution in [3.05, 3.63) is 35.5 Å². The standard InChI is InChI=1S/C17H20N4O/c18-10-16-17(20-21-19-16)15-8-4-7-14(9-15)12-22-11-13-5-2-1-3-6-13/h4,7-9,13H,1-3,5-6,11-12H2,(H,19,20,21). The number of nitriles is 1. The van der Waals surface area contributed by atoms with Gasteiger partial charge in [0.2, 0.25) is 0 Å². The molecule has 1 aromatic heterocycles. The van der Waals surface area contributed by atoms with Gasteiger partial charge in [0, 0.05) is 12.2 Å². The predicted octanol–water partition coefficient (Wildman–Crippen LogP) is 3.44. The number of nitrogens with zero attached hydrogens (tertiary/aromatic N) is 3. The van der Waals surface area contributed by atoms with Gasteiger partial charge in [-0.25, -0.2) is 5.10 Å². The van der Waals surface area contributed by atoms with Crippen molar-refractivity contribution in [3.8, 4) is 17.3 Å². The summed E-state index contributed by atoms with van der Waals surface area (Å²) in [4.78, 5) is 0. The van der Waals surface area contributed by atoms with Crippen LogP contribution in [0.3, 0.4) is 0 Å². The zero-order chi connectivity index (χ0) is 15.2. The van der Waals surface area contributed by atoms with Crippen LogP contribution in [0.1, 0.15) is 43.4 Å². The molecule has 0 aliphatic heterocycles. The van der Waals surface area contributed by atoms with Crippen LogP contribution in [0.2, 0.25) is 0 Å². The molecule has 1 aliphatic rings. The highest BCUT2D eigenvalue weighted by Gasteiger charge is 2.13. The highest BCUT2D eigenvalue weighted by molar-refractivity contribution is 5.64. The third kappa shape index (κ3) is 3.52. The van der Waals surface area contributed by atoms with E-state index in [0.717, 1.165) is 23.7 Å². The number of benzene rings is 1. The molecule has 3 rings (SSSR count). The minimum Gasteiger partial charge on any atom is -0.376 e. The molecule has 0 atom stereocenters. The Morgan fingerprint density at radius 2 is 2.14 bits per heavy atom. The van der Waals surface area contributed by atoms with Crippen LogP contribution in [0.15, 0.2) is 24.3 Å². The molecule has 0 spiro atoms. The fourth-order valence-electron chi connectivity index (χ4n) is 3.01. The monoisotopic (exact) mass is 296 g/mol. The summed E-state index contributed by atoms with van der Waals surface area (Å²) in [5, 5.41) is 19.3. The fourth-order valence-corrected chi connectivity index (χ4v) is 3.01. The van der Waals surface area contributed by atoms with Gasteiger partial charge in [0.25, 0.3) is 0 Å². The maximum atomic E-state index is 9.04. The van der Waals surface area contributed by atoms with Crippen LogP contribution < -0.4 is 0 Å². The zero-order valence-corrected chi connectivity index (χ0v) is 12.6. The first-order valence-corrected chi connectivity index (χ1v) is 7.85. The molecule has 0 amide bonds. The Hall–Kier alpha value is -2.19. The smallest absolute Gasteiger partial charge is 0.163 e. The molecule has 1 heterocycles. The van der Waals surface area contributed by atoms with Crippen LogP contribution in [-0.2, 0) is 11.3 Å². The Labute approximate surface area is 130 Å². The third-order valence-corrected chi connectivity index (χ3v) is 4.21. The molecule has 5 nitrogen and oxygen atoms in total. The highest BCUT2D eigenvalue weighted by atomic mass is 16.5. The summed E-state index contributed by atoms with van der Waals surface area (Å²) in [5.41, 5.74) is 2.97. The molecule has 1 aromatic carbocycles. The van der Waals surface area contributed by atoms with Crippen molar-refractivity contribution in [2.45, 2.75) is 38.7 Å². The maximum absolute atomic E-state index is 9.04. The quantitative estimate of drug-likeness (QED) is 0.917. The van der Waals surface area contributed by atoms with Gasteiger partial charge in [0.15, 0.2) is 5.69 Å². The van der Waals surface area contributed by atoms with Crippen molar-refractivity contribution in [1.29, 1.82) is 5.26 Å². The summed E-state index contributed by atoms with van der Waals surface area (Å²) >= 11 is 0. The first-order valence-electron chi connectivity index (χ1n) is 7.85. The van der Waals surface area contributed by atoms with Gasteiger partial charge in [0.1, 0.15) is 11.8 Å². The number of rotatable bonds is 5. The average Bonchev–Trinajstić information content (AvgIpc) is 3.05. The summed E-state index contributed by atoms with van der Waals surface area (Å²) in [6, 6.07) is 10.0. The van der Waals surface area contributed by atoms with Gasteiger partial charge in [-0.15, -0.1) is 5.10 Å². The minimum absolute atomic E-state index is 0.389. The van der Waals surface area contributed by atoms with Crippen molar-refractivity contribution >= 4 is 0 Å². The van der Waals surface area contributed by atoms with Crippen LogP contribution in [0.4, 0.5) is 0 Å². The van der Waals surface area contributed by atoms with E-state index >= 15 is 0 Å². The van der Waals surface area contributed by atoms with Crippen molar-refractivity contribution in [1.82, 2.24) is 15.4 Å². The summed E-state index contributed by atoms with van der Waals surface area (Å²) in [6.45, 7) is 1.45. The molecule has 1 aliphatic carbocycles. The van der Waals surface area contributed by atoms with Gasteiger partial charge in [-0.2, -0.15) is 5.26 Å². The number of hydrogen-bond donors (Lipinski definition) is 1. The molecule has 114 valence electrons. The van der Waals surface area contributed by atoms with Gasteiger partial charge in [-0.3, -0.25) is 0 Å². The van der Waals surface area contributed by atoms with Crippen LogP contribution in [0.5, 0.6) is 0 Å². The van der Waals surface area contributed by atoms with Crippen LogP contribution in [-0.4, -0.2) is 22.0 Å². The van der Waals surface area contributed by atoms with Crippen LogP contribution in [0.25, 0.3) is 11.3 Å². The van der Waals surface area contributed by atoms with E-state index in [1.165, 1.54) is 32.1 Å². The van der Waals surface area contributed by atoms with Crippen LogP contribution >= 0.6 is 0 Å². The van der Waals surface area contributed by atoms with Crippen molar-refractivity contribution in [3.63, 3.8) is 0 Å². The van der Waals surface area contributed by atoms with Crippen LogP contribution in [0, 0.1) is 17.2 Å². The number of H-pyrrole nitrogens is 1. The SMILES string of the molecule is N#Cc1[nH]nnc1-c1cccc(COCC2CCCCC2)c1. The summed E-state index contributed by atoms with van der Waals surface area (Å²) in [7, 11) is 0. The van der Waals surface area contributed by atoms with Crippen molar-refractivity contribution in [2.24, 2.45) is 5.92 Å². The van der Waals surface area contributed by atoms with Crippen molar-refractivity contribution < 1.29 is 4.74 Å². The van der Waals surface area contributed by atoms with E-state index in [1.54, 1.807) is 0 Å². The molecular weight excluding hydrogens is 276 g/mol. The topological polar surface area (TPSA) is 74.6 Å². The second-order valence-electron chi connectivity index (χ2n) is 5.87. The molecule has 1 N–H and O–H groups in total. The summed E-state index contributed by atoms with van der Waals surface area (Å²) in [6.07, 6.45) is 6.64. The Bertz CT molecular complexity index is 653. The average molecular weight is 296 g/mol. The highest BCUT2D eigenvalue weighted by Crippen LogP contribution is 2.24. The molecule has 1 fully saturated rings. The Morgan fingerprint density at radius 3 is 2.95 bits per heavy atom. The van der Waals surface area contributed by atoms with E-state index < -0.39 is 0 Å². The van der Waals surface area contributed by atoms with E-state index in [9.17, 15) is 0 Å². The largest absolute Gasteiger partial charge is 0.376 e. The fraction of sp³-hybridized carbons (Fsp3) is 0.471. The van der Waals surface area contributed by atoms with E-state index in [-0.39, 0.29) is 0 Å². The first kappa shape index (κ1) is 14.7. The molecule has 2 aromatic rings. The lowest BCUT2D eigenvalue weighted by Gasteiger charge is -2.21. The zero-order valence-electron chi connectivity index (χ0n) is 12.6. The number of nitrogens with one attached hydrogen (secondary N) is 1. The lowest BCUT2D eigenvalue weighted by atomic mass is 9.90. The molecule has 5 heteroatoms. The Morgan fingerprint density at radius 1 is 1.27 bits per heavy atom. The molecular formula is C17H20N4O. The molecule has 0 unspecified atom stereocenters. The molecule has 1 saturated carbocycles. The number of ether oxygens (including phenoxy) is 1. The Balaban J connectivity index is 1.61. The van der Waals surface area contributed by atoms with Gasteiger partial charge >= 0.3 is 0 Å². The summed E-state index contributed by atoms with van der Waals surface area (Å²) in [5.74, 6) is 0.720. The number of aromatic nitrogens is 3. The van der Waals surface area contributed by atoms with E-state index in [4.69, 9.17) is 10.00 Å². The lowest BCUT2D eigenvalue weighted by Crippen LogP contribution is -2.13. The van der Waals surface area contributed by atoms with E-state index in [2.05, 4.69) is 21.5 Å². The normalized spacial score (nSPS) is 15.6. The number of hydrogen-bond acceptors (Lipinski definition) is 4. The van der Waals surface area contributed by atoms with E-state index in [1.807, 2.05) is 24.3 Å².